The van der Waals surface area contributed by atoms with Crippen molar-refractivity contribution in [1.29, 1.82) is 0 Å². The first-order chi connectivity index (χ1) is 11.8. The van der Waals surface area contributed by atoms with Crippen molar-refractivity contribution in [3.8, 4) is 0 Å². The van der Waals surface area contributed by atoms with E-state index in [1.165, 1.54) is 34.1 Å². The highest BCUT2D eigenvalue weighted by atomic mass is 32.2. The fourth-order valence-electron chi connectivity index (χ4n) is 2.34. The van der Waals surface area contributed by atoms with E-state index in [0.717, 1.165) is 11.8 Å². The van der Waals surface area contributed by atoms with Gasteiger partial charge in [-0.15, -0.1) is 11.3 Å². The Morgan fingerprint density at radius 1 is 1.28 bits per heavy atom. The van der Waals surface area contributed by atoms with E-state index in [1.54, 1.807) is 30.6 Å². The maximum Gasteiger partial charge on any atom is 0.271 e. The number of rotatable bonds is 4. The monoisotopic (exact) mass is 377 g/mol. The molecule has 0 fully saturated rings. The number of aromatic nitrogens is 2. The van der Waals surface area contributed by atoms with E-state index in [9.17, 15) is 18.0 Å². The Balaban J connectivity index is 1.82. The van der Waals surface area contributed by atoms with Gasteiger partial charge in [0.25, 0.3) is 11.5 Å². The van der Waals surface area contributed by atoms with Gasteiger partial charge in [-0.25, -0.2) is 13.4 Å². The number of amides is 1. The fraction of sp³-hybridized carbons (Fsp3) is 0.188. The maximum absolute atomic E-state index is 12.4. The summed E-state index contributed by atoms with van der Waals surface area (Å²) in [5, 5.41) is 4.45. The molecule has 130 valence electrons. The van der Waals surface area contributed by atoms with Crippen LogP contribution in [0.2, 0.25) is 0 Å². The lowest BCUT2D eigenvalue weighted by Gasteiger charge is -2.14. The number of thiazole rings is 1. The number of hydrogen-bond acceptors (Lipinski definition) is 6. The van der Waals surface area contributed by atoms with Crippen LogP contribution in [-0.4, -0.2) is 30.0 Å². The zero-order chi connectivity index (χ0) is 18.2. The second-order valence-electron chi connectivity index (χ2n) is 5.57. The van der Waals surface area contributed by atoms with E-state index in [1.807, 2.05) is 0 Å². The van der Waals surface area contributed by atoms with E-state index in [0.29, 0.717) is 4.96 Å². The Hall–Kier alpha value is -2.52. The summed E-state index contributed by atoms with van der Waals surface area (Å²) >= 11 is 1.31. The Bertz CT molecular complexity index is 1100. The lowest BCUT2D eigenvalue weighted by Crippen LogP contribution is -2.32. The summed E-state index contributed by atoms with van der Waals surface area (Å²) in [5.41, 5.74) is 0.254. The van der Waals surface area contributed by atoms with Gasteiger partial charge in [0, 0.05) is 24.0 Å². The predicted octanol–water partition coefficient (Wildman–Crippen LogP) is 1.65. The molecule has 0 aliphatic heterocycles. The predicted molar refractivity (Wildman–Crippen MR) is 94.8 cm³/mol. The van der Waals surface area contributed by atoms with Crippen LogP contribution in [0.15, 0.2) is 51.7 Å². The Morgan fingerprint density at radius 2 is 1.96 bits per heavy atom. The fourth-order valence-corrected chi connectivity index (χ4v) is 3.65. The number of nitrogens with zero attached hydrogens (tertiary/aromatic N) is 2. The molecule has 0 aliphatic rings. The molecule has 0 aliphatic carbocycles. The van der Waals surface area contributed by atoms with Gasteiger partial charge in [0.1, 0.15) is 5.56 Å². The van der Waals surface area contributed by atoms with Gasteiger partial charge in [0.2, 0.25) is 0 Å². The Kier molecular flexibility index (Phi) is 4.44. The first-order valence-electron chi connectivity index (χ1n) is 7.33. The molecule has 3 rings (SSSR count). The maximum atomic E-state index is 12.4. The van der Waals surface area contributed by atoms with Gasteiger partial charge in [-0.3, -0.25) is 14.0 Å². The van der Waals surface area contributed by atoms with Gasteiger partial charge in [-0.05, 0) is 24.6 Å². The first kappa shape index (κ1) is 17.3. The van der Waals surface area contributed by atoms with Crippen LogP contribution in [0.4, 0.5) is 0 Å². The number of hydrogen-bond donors (Lipinski definition) is 1. The average Bonchev–Trinajstić information content (AvgIpc) is 3.04. The summed E-state index contributed by atoms with van der Waals surface area (Å²) in [5.74, 6) is -0.530. The van der Waals surface area contributed by atoms with Crippen LogP contribution in [-0.2, 0) is 9.84 Å². The summed E-state index contributed by atoms with van der Waals surface area (Å²) < 4.78 is 24.3. The molecule has 9 heteroatoms. The molecule has 1 unspecified atom stereocenters. The highest BCUT2D eigenvalue weighted by Crippen LogP contribution is 2.16. The summed E-state index contributed by atoms with van der Waals surface area (Å²) in [6.07, 6.45) is 3.97. The molecule has 0 saturated heterocycles. The van der Waals surface area contributed by atoms with Crippen molar-refractivity contribution in [3.63, 3.8) is 0 Å². The zero-order valence-electron chi connectivity index (χ0n) is 13.5. The topological polar surface area (TPSA) is 97.6 Å². The molecule has 25 heavy (non-hydrogen) atoms. The van der Waals surface area contributed by atoms with Crippen molar-refractivity contribution < 1.29 is 13.2 Å². The van der Waals surface area contributed by atoms with E-state index in [2.05, 4.69) is 10.3 Å². The van der Waals surface area contributed by atoms with E-state index in [4.69, 9.17) is 0 Å². The largest absolute Gasteiger partial charge is 0.345 e. The Labute approximate surface area is 147 Å². The van der Waals surface area contributed by atoms with Crippen molar-refractivity contribution in [2.24, 2.45) is 0 Å². The van der Waals surface area contributed by atoms with E-state index < -0.39 is 27.3 Å². The molecule has 0 radical (unpaired) electrons. The molecule has 3 aromatic rings. The second-order valence-corrected chi connectivity index (χ2v) is 8.46. The van der Waals surface area contributed by atoms with Crippen molar-refractivity contribution in [3.05, 3.63) is 63.5 Å². The zero-order valence-corrected chi connectivity index (χ0v) is 15.1. The third-order valence-electron chi connectivity index (χ3n) is 3.74. The van der Waals surface area contributed by atoms with Crippen molar-refractivity contribution in [2.75, 3.05) is 6.26 Å². The van der Waals surface area contributed by atoms with Crippen molar-refractivity contribution in [1.82, 2.24) is 14.7 Å². The van der Waals surface area contributed by atoms with Gasteiger partial charge >= 0.3 is 0 Å². The van der Waals surface area contributed by atoms with Crippen LogP contribution in [0.1, 0.15) is 28.9 Å². The normalized spacial score (nSPS) is 12.9. The third kappa shape index (κ3) is 3.47. The van der Waals surface area contributed by atoms with E-state index in [-0.39, 0.29) is 10.5 Å². The number of carbonyl (C=O) groups excluding carboxylic acids is 1. The minimum absolute atomic E-state index is 0.0458. The van der Waals surface area contributed by atoms with Gasteiger partial charge in [-0.1, -0.05) is 12.1 Å². The van der Waals surface area contributed by atoms with E-state index >= 15 is 0 Å². The molecular formula is C16H15N3O4S2. The number of sulfone groups is 1. The molecular weight excluding hydrogens is 362 g/mol. The standard InChI is InChI=1S/C16H15N3O4S2/c1-10(11-3-5-12(6-4-11)25(2,22)23)18-14(20)13-9-17-16-19(15(13)21)7-8-24-16/h3-10H,1-2H3,(H,18,20). The second kappa shape index (κ2) is 6.41. The van der Waals surface area contributed by atoms with Gasteiger partial charge < -0.3 is 5.32 Å². The lowest BCUT2D eigenvalue weighted by atomic mass is 10.1. The van der Waals surface area contributed by atoms with Gasteiger partial charge in [0.15, 0.2) is 14.8 Å². The SMILES string of the molecule is CC(NC(=O)c1cnc2sccn2c1=O)c1ccc(S(C)(=O)=O)cc1. The molecule has 2 aromatic heterocycles. The quantitative estimate of drug-likeness (QED) is 0.746. The van der Waals surface area contributed by atoms with Crippen LogP contribution < -0.4 is 10.9 Å². The van der Waals surface area contributed by atoms with Crippen LogP contribution in [0.25, 0.3) is 4.96 Å². The first-order valence-corrected chi connectivity index (χ1v) is 10.1. The molecule has 1 amide bonds. The number of fused-ring (bicyclic) bond motifs is 1. The Morgan fingerprint density at radius 3 is 2.60 bits per heavy atom. The molecule has 2 heterocycles. The average molecular weight is 377 g/mol. The highest BCUT2D eigenvalue weighted by molar-refractivity contribution is 7.90. The smallest absolute Gasteiger partial charge is 0.271 e. The van der Waals surface area contributed by atoms with Gasteiger partial charge in [-0.2, -0.15) is 0 Å². The minimum atomic E-state index is -3.27. The van der Waals surface area contributed by atoms with Crippen LogP contribution in [0, 0.1) is 0 Å². The minimum Gasteiger partial charge on any atom is -0.345 e. The molecule has 1 N–H and O–H groups in total. The number of nitrogens with one attached hydrogen (secondary N) is 1. The van der Waals surface area contributed by atoms with Crippen LogP contribution in [0.3, 0.4) is 0 Å². The third-order valence-corrected chi connectivity index (χ3v) is 5.64. The molecule has 0 saturated carbocycles. The highest BCUT2D eigenvalue weighted by Gasteiger charge is 2.17. The van der Waals surface area contributed by atoms with Gasteiger partial charge in [0.05, 0.1) is 10.9 Å². The molecule has 1 aromatic carbocycles. The molecule has 1 atom stereocenters. The summed E-state index contributed by atoms with van der Waals surface area (Å²) in [4.78, 5) is 29.5. The summed E-state index contributed by atoms with van der Waals surface area (Å²) in [6.45, 7) is 1.75. The van der Waals surface area contributed by atoms with Crippen molar-refractivity contribution >= 4 is 32.0 Å². The summed E-state index contributed by atoms with van der Waals surface area (Å²) in [7, 11) is -3.27. The molecule has 0 bridgehead atoms. The molecule has 7 nitrogen and oxygen atoms in total. The van der Waals surface area contributed by atoms with Crippen LogP contribution in [0.5, 0.6) is 0 Å². The summed E-state index contributed by atoms with van der Waals surface area (Å²) in [6, 6.07) is 5.84. The van der Waals surface area contributed by atoms with Crippen molar-refractivity contribution in [2.45, 2.75) is 17.9 Å². The number of benzene rings is 1. The molecule has 0 spiro atoms. The lowest BCUT2D eigenvalue weighted by molar-refractivity contribution is 0.0938. The van der Waals surface area contributed by atoms with Crippen LogP contribution >= 0.6 is 11.3 Å². The number of carbonyl (C=O) groups is 1.